The lowest BCUT2D eigenvalue weighted by molar-refractivity contribution is -0.174. The van der Waals surface area contributed by atoms with Crippen molar-refractivity contribution in [2.24, 2.45) is 0 Å². The largest absolute Gasteiger partial charge is 0.399 e. The first kappa shape index (κ1) is 22.3. The summed E-state index contributed by atoms with van der Waals surface area (Å²) in [5.41, 5.74) is 3.73. The third-order valence-corrected chi connectivity index (χ3v) is 5.29. The van der Waals surface area contributed by atoms with Crippen molar-refractivity contribution in [3.05, 3.63) is 119 Å². The molecule has 0 aliphatic carbocycles. The normalized spacial score (nSPS) is 13.0. The number of pyridine rings is 1. The minimum atomic E-state index is -3.84. The predicted octanol–water partition coefficient (Wildman–Crippen LogP) is 4.53. The summed E-state index contributed by atoms with van der Waals surface area (Å²) in [6.07, 6.45) is 4.71. The molecule has 0 aliphatic rings. The maximum Gasteiger partial charge on any atom is 0.326 e. The standard InChI is InChI=1S/C25H17ClF2N4O/c26-21-8-6-19(7-9-21)24(33,20-14-30-16-31-15-20)25(27,28)23-12-5-18(13-32-23)2-1-17-3-10-22(29)11-4-17/h3-16,33H,29H2. The molecule has 3 N–H and O–H groups in total. The summed E-state index contributed by atoms with van der Waals surface area (Å²) in [5.74, 6) is 1.96. The second-order valence-electron chi connectivity index (χ2n) is 7.22. The molecule has 1 unspecified atom stereocenters. The van der Waals surface area contributed by atoms with E-state index in [4.69, 9.17) is 17.3 Å². The van der Waals surface area contributed by atoms with Gasteiger partial charge in [0.25, 0.3) is 0 Å². The van der Waals surface area contributed by atoms with Gasteiger partial charge in [-0.3, -0.25) is 4.98 Å². The molecule has 2 aromatic carbocycles. The molecule has 0 fully saturated rings. The molecule has 0 aliphatic heterocycles. The first-order chi connectivity index (χ1) is 15.8. The smallest absolute Gasteiger partial charge is 0.326 e. The predicted molar refractivity (Wildman–Crippen MR) is 121 cm³/mol. The molecule has 33 heavy (non-hydrogen) atoms. The molecular weight excluding hydrogens is 446 g/mol. The summed E-state index contributed by atoms with van der Waals surface area (Å²) in [5, 5.41) is 11.8. The highest BCUT2D eigenvalue weighted by Gasteiger charge is 2.57. The molecular formula is C25H17ClF2N4O. The van der Waals surface area contributed by atoms with E-state index in [1.54, 1.807) is 24.3 Å². The summed E-state index contributed by atoms with van der Waals surface area (Å²) >= 11 is 5.91. The number of hydrogen-bond donors (Lipinski definition) is 2. The van der Waals surface area contributed by atoms with Gasteiger partial charge in [0.2, 0.25) is 0 Å². The third-order valence-electron chi connectivity index (χ3n) is 5.04. The van der Waals surface area contributed by atoms with Crippen molar-refractivity contribution in [2.75, 3.05) is 5.73 Å². The minimum absolute atomic E-state index is 0.0827. The lowest BCUT2D eigenvalue weighted by Gasteiger charge is -2.36. The average molecular weight is 463 g/mol. The number of rotatable bonds is 4. The van der Waals surface area contributed by atoms with Gasteiger partial charge in [-0.25, -0.2) is 9.97 Å². The Morgan fingerprint density at radius 2 is 1.39 bits per heavy atom. The summed E-state index contributed by atoms with van der Waals surface area (Å²) < 4.78 is 31.7. The topological polar surface area (TPSA) is 84.9 Å². The minimum Gasteiger partial charge on any atom is -0.399 e. The Labute approximate surface area is 193 Å². The van der Waals surface area contributed by atoms with E-state index >= 15 is 8.78 Å². The molecule has 5 nitrogen and oxygen atoms in total. The summed E-state index contributed by atoms with van der Waals surface area (Å²) in [4.78, 5) is 11.5. The highest BCUT2D eigenvalue weighted by atomic mass is 35.5. The van der Waals surface area contributed by atoms with Gasteiger partial charge in [-0.2, -0.15) is 8.78 Å². The molecule has 0 saturated carbocycles. The van der Waals surface area contributed by atoms with E-state index in [1.807, 2.05) is 0 Å². The highest BCUT2D eigenvalue weighted by molar-refractivity contribution is 6.30. The van der Waals surface area contributed by atoms with Gasteiger partial charge in [0.05, 0.1) is 0 Å². The number of halogens is 3. The van der Waals surface area contributed by atoms with E-state index in [2.05, 4.69) is 26.8 Å². The maximum atomic E-state index is 15.8. The first-order valence-electron chi connectivity index (χ1n) is 9.76. The van der Waals surface area contributed by atoms with Crippen LogP contribution in [0.15, 0.2) is 85.6 Å². The number of nitrogens with two attached hydrogens (primary N) is 1. The number of aromatic nitrogens is 3. The van der Waals surface area contributed by atoms with Gasteiger partial charge in [0.15, 0.2) is 5.60 Å². The molecule has 0 spiro atoms. The van der Waals surface area contributed by atoms with Crippen LogP contribution < -0.4 is 5.73 Å². The van der Waals surface area contributed by atoms with Gasteiger partial charge < -0.3 is 10.8 Å². The van der Waals surface area contributed by atoms with Crippen LogP contribution >= 0.6 is 11.6 Å². The fourth-order valence-corrected chi connectivity index (χ4v) is 3.38. The van der Waals surface area contributed by atoms with Gasteiger partial charge in [0, 0.05) is 46.0 Å². The van der Waals surface area contributed by atoms with E-state index in [0.717, 1.165) is 24.0 Å². The molecule has 0 amide bonds. The number of alkyl halides is 2. The zero-order valence-corrected chi connectivity index (χ0v) is 17.8. The zero-order chi connectivity index (χ0) is 23.5. The van der Waals surface area contributed by atoms with Crippen LogP contribution in [0, 0.1) is 11.8 Å². The van der Waals surface area contributed by atoms with Gasteiger partial charge in [-0.1, -0.05) is 35.6 Å². The Morgan fingerprint density at radius 3 is 2.00 bits per heavy atom. The Hall–Kier alpha value is -3.86. The van der Waals surface area contributed by atoms with Crippen molar-refractivity contribution in [3.63, 3.8) is 0 Å². The van der Waals surface area contributed by atoms with Crippen LogP contribution in [0.25, 0.3) is 0 Å². The highest BCUT2D eigenvalue weighted by Crippen LogP contribution is 2.48. The van der Waals surface area contributed by atoms with E-state index in [-0.39, 0.29) is 11.1 Å². The van der Waals surface area contributed by atoms with Crippen molar-refractivity contribution in [3.8, 4) is 11.8 Å². The number of hydrogen-bond acceptors (Lipinski definition) is 5. The second kappa shape index (κ2) is 8.94. The summed E-state index contributed by atoms with van der Waals surface area (Å²) in [7, 11) is 0. The van der Waals surface area contributed by atoms with E-state index in [0.29, 0.717) is 16.3 Å². The fourth-order valence-electron chi connectivity index (χ4n) is 3.26. The van der Waals surface area contributed by atoms with Crippen molar-refractivity contribution in [1.82, 2.24) is 15.0 Å². The van der Waals surface area contributed by atoms with Crippen molar-refractivity contribution in [1.29, 1.82) is 0 Å². The van der Waals surface area contributed by atoms with E-state index in [1.165, 1.54) is 42.9 Å². The molecule has 0 radical (unpaired) electrons. The van der Waals surface area contributed by atoms with Crippen LogP contribution in [0.2, 0.25) is 5.02 Å². The molecule has 0 saturated heterocycles. The molecule has 0 bridgehead atoms. The number of aliphatic hydroxyl groups is 1. The summed E-state index contributed by atoms with van der Waals surface area (Å²) in [6.45, 7) is 0. The Bertz CT molecular complexity index is 1300. The molecule has 8 heteroatoms. The molecule has 4 rings (SSSR count). The quantitative estimate of drug-likeness (QED) is 0.343. The van der Waals surface area contributed by atoms with Crippen LogP contribution in [0.4, 0.5) is 14.5 Å². The third kappa shape index (κ3) is 4.40. The van der Waals surface area contributed by atoms with Crippen LogP contribution in [0.5, 0.6) is 0 Å². The lowest BCUT2D eigenvalue weighted by Crippen LogP contribution is -2.45. The van der Waals surface area contributed by atoms with Crippen molar-refractivity contribution >= 4 is 17.3 Å². The molecule has 2 heterocycles. The number of benzene rings is 2. The number of nitrogen functional groups attached to an aromatic ring is 1. The molecule has 164 valence electrons. The van der Waals surface area contributed by atoms with Gasteiger partial charge in [-0.05, 0) is 54.1 Å². The van der Waals surface area contributed by atoms with Crippen LogP contribution in [0.3, 0.4) is 0 Å². The molecule has 4 aromatic rings. The van der Waals surface area contributed by atoms with Crippen LogP contribution in [-0.2, 0) is 11.5 Å². The zero-order valence-electron chi connectivity index (χ0n) is 17.1. The summed E-state index contributed by atoms with van der Waals surface area (Å²) in [6, 6.07) is 15.0. The first-order valence-corrected chi connectivity index (χ1v) is 10.1. The van der Waals surface area contributed by atoms with Gasteiger partial charge >= 0.3 is 5.92 Å². The SMILES string of the molecule is Nc1ccc(C#Cc2ccc(C(F)(F)C(O)(c3ccc(Cl)cc3)c3cncnc3)nc2)cc1. The monoisotopic (exact) mass is 462 g/mol. The van der Waals surface area contributed by atoms with Crippen molar-refractivity contribution < 1.29 is 13.9 Å². The van der Waals surface area contributed by atoms with E-state index in [9.17, 15) is 5.11 Å². The lowest BCUT2D eigenvalue weighted by atomic mass is 9.80. The maximum absolute atomic E-state index is 15.8. The van der Waals surface area contributed by atoms with E-state index < -0.39 is 17.2 Å². The van der Waals surface area contributed by atoms with Crippen LogP contribution in [-0.4, -0.2) is 20.1 Å². The molecule has 2 aromatic heterocycles. The molecule has 1 atom stereocenters. The Kier molecular flexibility index (Phi) is 6.05. The average Bonchev–Trinajstić information content (AvgIpc) is 2.84. The van der Waals surface area contributed by atoms with Crippen LogP contribution in [0.1, 0.15) is 27.9 Å². The van der Waals surface area contributed by atoms with Gasteiger partial charge in [0.1, 0.15) is 12.0 Å². The Morgan fingerprint density at radius 1 is 0.788 bits per heavy atom. The number of nitrogens with zero attached hydrogens (tertiary/aromatic N) is 3. The second-order valence-corrected chi connectivity index (χ2v) is 7.66. The number of anilines is 1. The fraction of sp³-hybridized carbons (Fsp3) is 0.0800. The van der Waals surface area contributed by atoms with Gasteiger partial charge in [-0.15, -0.1) is 0 Å². The van der Waals surface area contributed by atoms with Crippen molar-refractivity contribution in [2.45, 2.75) is 11.5 Å². The Balaban J connectivity index is 1.72.